The molecule has 0 aliphatic carbocycles. The van der Waals surface area contributed by atoms with Gasteiger partial charge in [-0.2, -0.15) is 0 Å². The van der Waals surface area contributed by atoms with E-state index in [9.17, 15) is 9.59 Å². The number of carbonyl (C=O) groups excluding carboxylic acids is 2. The second-order valence-electron chi connectivity index (χ2n) is 6.99. The van der Waals surface area contributed by atoms with E-state index in [1.165, 1.54) is 10.5 Å². The molecule has 2 amide bonds. The molecular weight excluding hydrogens is 340 g/mol. The SMILES string of the molecule is CCCNC(=O)CN(C)C(=O)CN1CCN(C/C=C/c2ccccc2)CC1. The molecule has 0 atom stereocenters. The van der Waals surface area contributed by atoms with Gasteiger partial charge in [-0.25, -0.2) is 0 Å². The van der Waals surface area contributed by atoms with E-state index in [4.69, 9.17) is 0 Å². The highest BCUT2D eigenvalue weighted by atomic mass is 16.2. The van der Waals surface area contributed by atoms with Crippen molar-refractivity contribution in [3.05, 3.63) is 42.0 Å². The van der Waals surface area contributed by atoms with Crippen LogP contribution in [0.2, 0.25) is 0 Å². The van der Waals surface area contributed by atoms with Gasteiger partial charge in [0.2, 0.25) is 11.8 Å². The van der Waals surface area contributed by atoms with E-state index in [2.05, 4.69) is 39.4 Å². The number of nitrogens with one attached hydrogen (secondary N) is 1. The standard InChI is InChI=1S/C21H32N4O2/c1-3-11-22-20(26)17-23(2)21(27)18-25-15-13-24(14-16-25)12-7-10-19-8-5-4-6-9-19/h4-10H,3,11-18H2,1-2H3,(H,22,26)/b10-7+. The summed E-state index contributed by atoms with van der Waals surface area (Å²) >= 11 is 0. The Labute approximate surface area is 162 Å². The highest BCUT2D eigenvalue weighted by molar-refractivity contribution is 5.85. The minimum absolute atomic E-state index is 0.000859. The number of rotatable bonds is 9. The summed E-state index contributed by atoms with van der Waals surface area (Å²) in [7, 11) is 1.69. The van der Waals surface area contributed by atoms with Gasteiger partial charge in [0.05, 0.1) is 13.1 Å². The van der Waals surface area contributed by atoms with Crippen molar-refractivity contribution >= 4 is 17.9 Å². The summed E-state index contributed by atoms with van der Waals surface area (Å²) in [6.45, 7) is 7.75. The van der Waals surface area contributed by atoms with Crippen LogP contribution in [0.25, 0.3) is 6.08 Å². The Balaban J connectivity index is 1.65. The minimum Gasteiger partial charge on any atom is -0.355 e. The van der Waals surface area contributed by atoms with Crippen molar-refractivity contribution in [1.82, 2.24) is 20.0 Å². The second kappa shape index (κ2) is 11.5. The van der Waals surface area contributed by atoms with Gasteiger partial charge in [0, 0.05) is 46.3 Å². The summed E-state index contributed by atoms with van der Waals surface area (Å²) in [4.78, 5) is 30.1. The first kappa shape index (κ1) is 21.1. The highest BCUT2D eigenvalue weighted by Crippen LogP contribution is 2.05. The van der Waals surface area contributed by atoms with Crippen LogP contribution in [-0.2, 0) is 9.59 Å². The number of carbonyl (C=O) groups is 2. The molecule has 1 N–H and O–H groups in total. The molecule has 1 saturated heterocycles. The Morgan fingerprint density at radius 2 is 1.78 bits per heavy atom. The number of hydrogen-bond acceptors (Lipinski definition) is 4. The number of benzene rings is 1. The molecule has 1 aliphatic heterocycles. The normalized spacial score (nSPS) is 15.8. The Hall–Kier alpha value is -2.18. The maximum atomic E-state index is 12.3. The first-order valence-electron chi connectivity index (χ1n) is 9.75. The molecule has 1 heterocycles. The van der Waals surface area contributed by atoms with Crippen LogP contribution in [0.3, 0.4) is 0 Å². The van der Waals surface area contributed by atoms with Gasteiger partial charge >= 0.3 is 0 Å². The quantitative estimate of drug-likeness (QED) is 0.710. The lowest BCUT2D eigenvalue weighted by Gasteiger charge is -2.34. The second-order valence-corrected chi connectivity index (χ2v) is 6.99. The molecule has 0 radical (unpaired) electrons. The van der Waals surface area contributed by atoms with Crippen molar-refractivity contribution in [3.63, 3.8) is 0 Å². The van der Waals surface area contributed by atoms with E-state index < -0.39 is 0 Å². The van der Waals surface area contributed by atoms with Crippen molar-refractivity contribution in [2.75, 3.05) is 59.4 Å². The van der Waals surface area contributed by atoms with Gasteiger partial charge in [-0.1, -0.05) is 49.4 Å². The van der Waals surface area contributed by atoms with Crippen molar-refractivity contribution < 1.29 is 9.59 Å². The van der Waals surface area contributed by atoms with E-state index in [1.807, 2.05) is 25.1 Å². The summed E-state index contributed by atoms with van der Waals surface area (Å²) in [5.41, 5.74) is 1.22. The fourth-order valence-corrected chi connectivity index (χ4v) is 2.97. The molecule has 27 heavy (non-hydrogen) atoms. The molecule has 1 aromatic carbocycles. The fourth-order valence-electron chi connectivity index (χ4n) is 2.97. The molecule has 0 unspecified atom stereocenters. The third-order valence-electron chi connectivity index (χ3n) is 4.68. The lowest BCUT2D eigenvalue weighted by molar-refractivity contribution is -0.135. The predicted octanol–water partition coefficient (Wildman–Crippen LogP) is 1.30. The molecular formula is C21H32N4O2. The van der Waals surface area contributed by atoms with Crippen LogP contribution in [-0.4, -0.2) is 85.9 Å². The Morgan fingerprint density at radius 1 is 1.11 bits per heavy atom. The van der Waals surface area contributed by atoms with Crippen molar-refractivity contribution in [2.45, 2.75) is 13.3 Å². The number of piperazine rings is 1. The minimum atomic E-state index is -0.0947. The number of amides is 2. The first-order valence-corrected chi connectivity index (χ1v) is 9.75. The molecule has 0 saturated carbocycles. The van der Waals surface area contributed by atoms with Gasteiger partial charge in [0.15, 0.2) is 0 Å². The van der Waals surface area contributed by atoms with Crippen LogP contribution in [0.1, 0.15) is 18.9 Å². The lowest BCUT2D eigenvalue weighted by atomic mass is 10.2. The maximum absolute atomic E-state index is 12.3. The van der Waals surface area contributed by atoms with Gasteiger partial charge in [-0.05, 0) is 12.0 Å². The van der Waals surface area contributed by atoms with Crippen molar-refractivity contribution in [2.24, 2.45) is 0 Å². The number of nitrogens with zero attached hydrogens (tertiary/aromatic N) is 3. The third kappa shape index (κ3) is 7.93. The van der Waals surface area contributed by atoms with E-state index >= 15 is 0 Å². The predicted molar refractivity (Wildman–Crippen MR) is 109 cm³/mol. The van der Waals surface area contributed by atoms with Gasteiger partial charge in [-0.15, -0.1) is 0 Å². The summed E-state index contributed by atoms with van der Waals surface area (Å²) in [5, 5.41) is 2.80. The molecule has 1 aromatic rings. The molecule has 0 spiro atoms. The summed E-state index contributed by atoms with van der Waals surface area (Å²) in [6, 6.07) is 10.3. The van der Waals surface area contributed by atoms with Crippen LogP contribution in [0.4, 0.5) is 0 Å². The topological polar surface area (TPSA) is 55.9 Å². The third-order valence-corrected chi connectivity index (χ3v) is 4.68. The molecule has 6 nitrogen and oxygen atoms in total. The average molecular weight is 373 g/mol. The van der Waals surface area contributed by atoms with Gasteiger partial charge in [-0.3, -0.25) is 19.4 Å². The summed E-state index contributed by atoms with van der Waals surface area (Å²) in [5.74, 6) is -0.0956. The van der Waals surface area contributed by atoms with Crippen LogP contribution < -0.4 is 5.32 Å². The van der Waals surface area contributed by atoms with E-state index in [1.54, 1.807) is 7.05 Å². The average Bonchev–Trinajstić information content (AvgIpc) is 2.68. The monoisotopic (exact) mass is 372 g/mol. The largest absolute Gasteiger partial charge is 0.355 e. The highest BCUT2D eigenvalue weighted by Gasteiger charge is 2.20. The molecule has 1 fully saturated rings. The molecule has 0 bridgehead atoms. The van der Waals surface area contributed by atoms with Gasteiger partial charge in [0.1, 0.15) is 0 Å². The van der Waals surface area contributed by atoms with Crippen LogP contribution in [0.5, 0.6) is 0 Å². The van der Waals surface area contributed by atoms with E-state index in [0.29, 0.717) is 13.1 Å². The van der Waals surface area contributed by atoms with Gasteiger partial charge in [0.25, 0.3) is 0 Å². The van der Waals surface area contributed by atoms with Gasteiger partial charge < -0.3 is 10.2 Å². The van der Waals surface area contributed by atoms with Crippen molar-refractivity contribution in [3.8, 4) is 0 Å². The van der Waals surface area contributed by atoms with Crippen molar-refractivity contribution in [1.29, 1.82) is 0 Å². The first-order chi connectivity index (χ1) is 13.1. The number of likely N-dealkylation sites (N-methyl/N-ethyl adjacent to an activating group) is 1. The Bertz CT molecular complexity index is 610. The molecule has 6 heteroatoms. The molecule has 1 aliphatic rings. The fraction of sp³-hybridized carbons (Fsp3) is 0.524. The zero-order valence-electron chi connectivity index (χ0n) is 16.6. The Kier molecular flexibility index (Phi) is 9.01. The van der Waals surface area contributed by atoms with E-state index in [0.717, 1.165) is 39.1 Å². The molecule has 148 valence electrons. The van der Waals surface area contributed by atoms with Crippen LogP contribution in [0.15, 0.2) is 36.4 Å². The lowest BCUT2D eigenvalue weighted by Crippen LogP contribution is -2.50. The van der Waals surface area contributed by atoms with E-state index in [-0.39, 0.29) is 18.4 Å². The Morgan fingerprint density at radius 3 is 2.44 bits per heavy atom. The van der Waals surface area contributed by atoms with Crippen LogP contribution in [0, 0.1) is 0 Å². The summed E-state index contributed by atoms with van der Waals surface area (Å²) < 4.78 is 0. The molecule has 0 aromatic heterocycles. The molecule has 2 rings (SSSR count). The zero-order chi connectivity index (χ0) is 19.5. The number of hydrogen-bond donors (Lipinski definition) is 1. The van der Waals surface area contributed by atoms with Crippen LogP contribution >= 0.6 is 0 Å². The smallest absolute Gasteiger partial charge is 0.239 e. The maximum Gasteiger partial charge on any atom is 0.239 e. The zero-order valence-corrected chi connectivity index (χ0v) is 16.6. The summed E-state index contributed by atoms with van der Waals surface area (Å²) in [6.07, 6.45) is 5.24.